The van der Waals surface area contributed by atoms with Gasteiger partial charge in [0.25, 0.3) is 0 Å². The van der Waals surface area contributed by atoms with Crippen LogP contribution in [0.5, 0.6) is 0 Å². The summed E-state index contributed by atoms with van der Waals surface area (Å²) in [6.45, 7) is 4.37. The quantitative estimate of drug-likeness (QED) is 0.759. The largest absolute Gasteiger partial charge is 0.339 e. The molecule has 1 amide bonds. The monoisotopic (exact) mass is 353 g/mol. The Balaban J connectivity index is 2.64. The van der Waals surface area contributed by atoms with Crippen LogP contribution in [0, 0.1) is 0 Å². The molecule has 0 aliphatic heterocycles. The van der Waals surface area contributed by atoms with Gasteiger partial charge in [-0.25, -0.2) is 0 Å². The molecule has 0 aliphatic carbocycles. The van der Waals surface area contributed by atoms with Gasteiger partial charge in [-0.15, -0.1) is 11.3 Å². The molecule has 0 aliphatic rings. The first-order valence-corrected chi connectivity index (χ1v) is 6.94. The first-order chi connectivity index (χ1) is 6.80. The number of amides is 1. The third-order valence-corrected chi connectivity index (χ3v) is 3.89. The van der Waals surface area contributed by atoms with E-state index in [2.05, 4.69) is 31.9 Å². The highest BCUT2D eigenvalue weighted by Crippen LogP contribution is 2.23. The third-order valence-electron chi connectivity index (χ3n) is 1.87. The van der Waals surface area contributed by atoms with Crippen LogP contribution < -0.4 is 0 Å². The summed E-state index contributed by atoms with van der Waals surface area (Å²) in [4.78, 5) is 14.8. The number of hydrogen-bond donors (Lipinski definition) is 0. The van der Waals surface area contributed by atoms with Crippen molar-refractivity contribution >= 4 is 49.1 Å². The van der Waals surface area contributed by atoms with Gasteiger partial charge in [-0.1, -0.05) is 15.9 Å². The molecule has 0 fully saturated rings. The van der Waals surface area contributed by atoms with Crippen LogP contribution in [-0.2, 0) is 11.3 Å². The minimum atomic E-state index is -0.490. The maximum absolute atomic E-state index is 11.8. The number of rotatable bonds is 3. The van der Waals surface area contributed by atoms with Crippen molar-refractivity contribution in [1.82, 2.24) is 4.90 Å². The average Bonchev–Trinajstić information content (AvgIpc) is 2.48. The van der Waals surface area contributed by atoms with Crippen LogP contribution in [0.3, 0.4) is 0 Å². The van der Waals surface area contributed by atoms with Gasteiger partial charge in [0.2, 0.25) is 5.91 Å². The third kappa shape index (κ3) is 3.89. The molecular formula is C10H13Br2NOS. The zero-order chi connectivity index (χ0) is 11.6. The van der Waals surface area contributed by atoms with Crippen molar-refractivity contribution in [2.75, 3.05) is 7.05 Å². The molecule has 0 atom stereocenters. The molecule has 2 nitrogen and oxygen atoms in total. The summed E-state index contributed by atoms with van der Waals surface area (Å²) in [5.41, 5.74) is 0. The molecule has 1 aromatic rings. The van der Waals surface area contributed by atoms with E-state index >= 15 is 0 Å². The van der Waals surface area contributed by atoms with Gasteiger partial charge >= 0.3 is 0 Å². The van der Waals surface area contributed by atoms with Crippen LogP contribution in [0.25, 0.3) is 0 Å². The smallest absolute Gasteiger partial charge is 0.238 e. The van der Waals surface area contributed by atoms with Crippen molar-refractivity contribution in [3.8, 4) is 0 Å². The number of nitrogens with zero attached hydrogens (tertiary/aromatic N) is 1. The lowest BCUT2D eigenvalue weighted by atomic mass is 10.2. The molecular weight excluding hydrogens is 342 g/mol. The van der Waals surface area contributed by atoms with E-state index in [0.717, 1.165) is 4.47 Å². The Morgan fingerprint density at radius 3 is 2.60 bits per heavy atom. The minimum Gasteiger partial charge on any atom is -0.339 e. The fourth-order valence-corrected chi connectivity index (χ4v) is 3.00. The summed E-state index contributed by atoms with van der Waals surface area (Å²) in [7, 11) is 1.82. The van der Waals surface area contributed by atoms with Crippen LogP contribution in [0.15, 0.2) is 15.9 Å². The molecule has 0 saturated heterocycles. The Morgan fingerprint density at radius 1 is 1.60 bits per heavy atom. The first-order valence-electron chi connectivity index (χ1n) is 4.48. The molecule has 84 valence electrons. The fraction of sp³-hybridized carbons (Fsp3) is 0.500. The zero-order valence-corrected chi connectivity index (χ0v) is 12.9. The molecule has 5 heteroatoms. The lowest BCUT2D eigenvalue weighted by Crippen LogP contribution is -2.38. The Kier molecular flexibility index (Phi) is 4.38. The van der Waals surface area contributed by atoms with Gasteiger partial charge < -0.3 is 4.90 Å². The van der Waals surface area contributed by atoms with Crippen LogP contribution in [0.1, 0.15) is 18.7 Å². The topological polar surface area (TPSA) is 20.3 Å². The molecule has 1 rings (SSSR count). The summed E-state index contributed by atoms with van der Waals surface area (Å²) in [5, 5.41) is 2.02. The van der Waals surface area contributed by atoms with E-state index < -0.39 is 4.32 Å². The summed E-state index contributed by atoms with van der Waals surface area (Å²) in [6, 6.07) is 2.04. The van der Waals surface area contributed by atoms with Gasteiger partial charge in [-0.2, -0.15) is 0 Å². The highest BCUT2D eigenvalue weighted by atomic mass is 79.9. The van der Waals surface area contributed by atoms with E-state index in [1.165, 1.54) is 4.88 Å². The maximum Gasteiger partial charge on any atom is 0.238 e. The second-order valence-corrected chi connectivity index (χ2v) is 7.76. The Labute approximate surface area is 111 Å². The standard InChI is InChI=1S/C10H13Br2NOS/c1-10(2,12)9(14)13(3)5-8-4-7(11)6-15-8/h4,6H,5H2,1-3H3. The van der Waals surface area contributed by atoms with Crippen molar-refractivity contribution in [2.24, 2.45) is 0 Å². The molecule has 0 aromatic carbocycles. The van der Waals surface area contributed by atoms with Gasteiger partial charge in [0.05, 0.1) is 10.9 Å². The Morgan fingerprint density at radius 2 is 2.20 bits per heavy atom. The lowest BCUT2D eigenvalue weighted by molar-refractivity contribution is -0.131. The van der Waals surface area contributed by atoms with Crippen LogP contribution in [-0.4, -0.2) is 22.2 Å². The highest BCUT2D eigenvalue weighted by Gasteiger charge is 2.27. The second-order valence-electron chi connectivity index (χ2n) is 3.86. The zero-order valence-electron chi connectivity index (χ0n) is 8.88. The molecule has 0 spiro atoms. The van der Waals surface area contributed by atoms with E-state index in [9.17, 15) is 4.79 Å². The number of thiophene rings is 1. The summed E-state index contributed by atoms with van der Waals surface area (Å²) < 4.78 is 0.581. The summed E-state index contributed by atoms with van der Waals surface area (Å²) >= 11 is 8.41. The molecule has 0 unspecified atom stereocenters. The maximum atomic E-state index is 11.8. The number of carbonyl (C=O) groups is 1. The average molecular weight is 355 g/mol. The van der Waals surface area contributed by atoms with E-state index in [1.54, 1.807) is 16.2 Å². The number of alkyl halides is 1. The minimum absolute atomic E-state index is 0.0898. The number of hydrogen-bond acceptors (Lipinski definition) is 2. The van der Waals surface area contributed by atoms with Crippen molar-refractivity contribution < 1.29 is 4.79 Å². The normalized spacial score (nSPS) is 11.5. The molecule has 0 N–H and O–H groups in total. The fourth-order valence-electron chi connectivity index (χ4n) is 1.20. The molecule has 1 aromatic heterocycles. The van der Waals surface area contributed by atoms with Crippen LogP contribution >= 0.6 is 43.2 Å². The SMILES string of the molecule is CN(Cc1cc(Br)cs1)C(=O)C(C)(C)Br. The van der Waals surface area contributed by atoms with Crippen LogP contribution in [0.4, 0.5) is 0 Å². The van der Waals surface area contributed by atoms with Gasteiger partial charge in [0.1, 0.15) is 0 Å². The van der Waals surface area contributed by atoms with Gasteiger partial charge in [-0.05, 0) is 35.8 Å². The van der Waals surface area contributed by atoms with Crippen molar-refractivity contribution in [3.05, 3.63) is 20.8 Å². The van der Waals surface area contributed by atoms with E-state index in [0.29, 0.717) is 6.54 Å². The predicted molar refractivity (Wildman–Crippen MR) is 71.5 cm³/mol. The van der Waals surface area contributed by atoms with Gasteiger partial charge in [0, 0.05) is 21.8 Å². The van der Waals surface area contributed by atoms with E-state index in [4.69, 9.17) is 0 Å². The lowest BCUT2D eigenvalue weighted by Gasteiger charge is -2.24. The number of halogens is 2. The van der Waals surface area contributed by atoms with Gasteiger partial charge in [0.15, 0.2) is 0 Å². The Bertz CT molecular complexity index is 357. The van der Waals surface area contributed by atoms with Crippen molar-refractivity contribution in [1.29, 1.82) is 0 Å². The highest BCUT2D eigenvalue weighted by molar-refractivity contribution is 9.10. The van der Waals surface area contributed by atoms with E-state index in [1.807, 2.05) is 32.3 Å². The number of carbonyl (C=O) groups excluding carboxylic acids is 1. The molecule has 0 bridgehead atoms. The van der Waals surface area contributed by atoms with E-state index in [-0.39, 0.29) is 5.91 Å². The molecule has 0 saturated carbocycles. The van der Waals surface area contributed by atoms with Crippen molar-refractivity contribution in [3.63, 3.8) is 0 Å². The Hall–Kier alpha value is 0.130. The summed E-state index contributed by atoms with van der Waals surface area (Å²) in [5.74, 6) is 0.0898. The van der Waals surface area contributed by atoms with Gasteiger partial charge in [-0.3, -0.25) is 4.79 Å². The predicted octanol–water partition coefficient (Wildman–Crippen LogP) is 3.64. The van der Waals surface area contributed by atoms with Crippen LogP contribution in [0.2, 0.25) is 0 Å². The van der Waals surface area contributed by atoms with Crippen molar-refractivity contribution in [2.45, 2.75) is 24.7 Å². The molecule has 1 heterocycles. The first kappa shape index (κ1) is 13.2. The summed E-state index contributed by atoms with van der Waals surface area (Å²) in [6.07, 6.45) is 0. The molecule has 0 radical (unpaired) electrons. The molecule has 15 heavy (non-hydrogen) atoms. The second kappa shape index (κ2) is 4.97.